The van der Waals surface area contributed by atoms with Gasteiger partial charge in [-0.2, -0.15) is 0 Å². The summed E-state index contributed by atoms with van der Waals surface area (Å²) in [6, 6.07) is 11.3. The molecular formula is C26H27ClN6O5S. The third-order valence-electron chi connectivity index (χ3n) is 6.65. The molecule has 3 aromatic rings. The van der Waals surface area contributed by atoms with E-state index >= 15 is 0 Å². The van der Waals surface area contributed by atoms with Crippen molar-refractivity contribution in [1.82, 2.24) is 19.7 Å². The number of nitro benzene ring substituents is 1. The molecular weight excluding hydrogens is 544 g/mol. The number of rotatable bonds is 9. The number of fused-ring (bicyclic) bond motifs is 3. The lowest BCUT2D eigenvalue weighted by molar-refractivity contribution is -0.384. The zero-order valence-corrected chi connectivity index (χ0v) is 22.9. The predicted molar refractivity (Wildman–Crippen MR) is 147 cm³/mol. The van der Waals surface area contributed by atoms with Crippen molar-refractivity contribution < 1.29 is 19.2 Å². The van der Waals surface area contributed by atoms with Crippen molar-refractivity contribution in [3.05, 3.63) is 74.6 Å². The van der Waals surface area contributed by atoms with E-state index in [-0.39, 0.29) is 18.1 Å². The lowest BCUT2D eigenvalue weighted by atomic mass is 9.99. The van der Waals surface area contributed by atoms with E-state index in [1.54, 1.807) is 23.9 Å². The van der Waals surface area contributed by atoms with Crippen LogP contribution in [0.4, 0.5) is 5.69 Å². The van der Waals surface area contributed by atoms with Crippen molar-refractivity contribution in [3.63, 3.8) is 0 Å². The van der Waals surface area contributed by atoms with Crippen molar-refractivity contribution in [2.45, 2.75) is 24.0 Å². The number of thioether (sulfide) groups is 1. The molecule has 0 radical (unpaired) electrons. The molecule has 0 saturated carbocycles. The summed E-state index contributed by atoms with van der Waals surface area (Å²) in [5.41, 5.74) is 2.24. The van der Waals surface area contributed by atoms with Crippen LogP contribution in [0.25, 0.3) is 5.69 Å². The summed E-state index contributed by atoms with van der Waals surface area (Å²) in [6.07, 6.45) is 0.427. The van der Waals surface area contributed by atoms with Gasteiger partial charge in [0, 0.05) is 60.1 Å². The van der Waals surface area contributed by atoms with E-state index in [1.165, 1.54) is 19.2 Å². The topological polar surface area (TPSA) is 125 Å². The number of aliphatic imine (C=N–C) groups is 1. The fourth-order valence-electron chi connectivity index (χ4n) is 4.63. The Morgan fingerprint density at radius 3 is 2.74 bits per heavy atom. The minimum Gasteiger partial charge on any atom is -0.469 e. The van der Waals surface area contributed by atoms with Gasteiger partial charge in [0.15, 0.2) is 11.0 Å². The van der Waals surface area contributed by atoms with Gasteiger partial charge in [-0.05, 0) is 18.6 Å². The molecule has 0 amide bonds. The Morgan fingerprint density at radius 2 is 2.00 bits per heavy atom. The van der Waals surface area contributed by atoms with Crippen LogP contribution in [0.5, 0.6) is 0 Å². The first-order valence-corrected chi connectivity index (χ1v) is 13.9. The van der Waals surface area contributed by atoms with E-state index in [0.29, 0.717) is 45.0 Å². The van der Waals surface area contributed by atoms with Gasteiger partial charge < -0.3 is 9.47 Å². The smallest absolute Gasteiger partial charge is 0.305 e. The van der Waals surface area contributed by atoms with Gasteiger partial charge in [0.2, 0.25) is 0 Å². The number of aromatic nitrogens is 3. The number of ether oxygens (including phenoxy) is 2. The number of hydrogen-bond donors (Lipinski definition) is 0. The van der Waals surface area contributed by atoms with Gasteiger partial charge in [0.05, 0.1) is 36.6 Å². The molecule has 13 heteroatoms. The average molecular weight is 571 g/mol. The van der Waals surface area contributed by atoms with E-state index in [0.717, 1.165) is 38.6 Å². The molecule has 2 aromatic carbocycles. The molecule has 1 fully saturated rings. The second-order valence-corrected chi connectivity index (χ2v) is 10.5. The van der Waals surface area contributed by atoms with Crippen LogP contribution >= 0.6 is 23.4 Å². The Labute approximate surface area is 234 Å². The maximum absolute atomic E-state index is 12.1. The van der Waals surface area contributed by atoms with Crippen LogP contribution in [-0.4, -0.2) is 82.0 Å². The fourth-order valence-corrected chi connectivity index (χ4v) is 5.81. The van der Waals surface area contributed by atoms with Crippen molar-refractivity contribution in [1.29, 1.82) is 0 Å². The number of carbonyl (C=O) groups is 1. The molecule has 11 nitrogen and oxygen atoms in total. The Kier molecular flexibility index (Phi) is 8.56. The number of esters is 1. The summed E-state index contributed by atoms with van der Waals surface area (Å²) in [4.78, 5) is 30.7. The van der Waals surface area contributed by atoms with Crippen molar-refractivity contribution in [2.75, 3.05) is 45.7 Å². The van der Waals surface area contributed by atoms with Crippen LogP contribution in [0.1, 0.15) is 35.8 Å². The Morgan fingerprint density at radius 1 is 1.21 bits per heavy atom. The molecule has 2 aliphatic rings. The highest BCUT2D eigenvalue weighted by Gasteiger charge is 2.31. The third-order valence-corrected chi connectivity index (χ3v) is 7.89. The maximum atomic E-state index is 12.1. The van der Waals surface area contributed by atoms with Gasteiger partial charge in [0.25, 0.3) is 5.69 Å². The van der Waals surface area contributed by atoms with E-state index in [4.69, 9.17) is 26.1 Å². The highest BCUT2D eigenvalue weighted by atomic mass is 35.5. The van der Waals surface area contributed by atoms with Gasteiger partial charge in [-0.15, -0.1) is 10.2 Å². The van der Waals surface area contributed by atoms with E-state index in [2.05, 4.69) is 15.1 Å². The first-order chi connectivity index (χ1) is 19.0. The molecule has 1 atom stereocenters. The fraction of sp³-hybridized carbons (Fsp3) is 0.385. The van der Waals surface area contributed by atoms with Crippen LogP contribution in [0.3, 0.4) is 0 Å². The molecule has 1 aromatic heterocycles. The van der Waals surface area contributed by atoms with Gasteiger partial charge in [-0.25, -0.2) is 0 Å². The van der Waals surface area contributed by atoms with E-state index in [1.807, 2.05) is 22.8 Å². The average Bonchev–Trinajstić information content (AvgIpc) is 3.31. The minimum atomic E-state index is -0.567. The molecule has 3 heterocycles. The number of methoxy groups -OCH3 is 1. The van der Waals surface area contributed by atoms with Gasteiger partial charge >= 0.3 is 5.97 Å². The maximum Gasteiger partial charge on any atom is 0.305 e. The lowest BCUT2D eigenvalue weighted by Gasteiger charge is -2.26. The predicted octanol–water partition coefficient (Wildman–Crippen LogP) is 4.10. The summed E-state index contributed by atoms with van der Waals surface area (Å²) < 4.78 is 12.2. The van der Waals surface area contributed by atoms with Gasteiger partial charge in [-0.3, -0.25) is 29.4 Å². The molecule has 0 N–H and O–H groups in total. The Hall–Kier alpha value is -3.32. The van der Waals surface area contributed by atoms with Crippen LogP contribution in [0.2, 0.25) is 5.02 Å². The van der Waals surface area contributed by atoms with Crippen LogP contribution in [0, 0.1) is 10.1 Å². The number of non-ortho nitro benzene ring substituents is 1. The molecule has 5 rings (SSSR count). The van der Waals surface area contributed by atoms with E-state index in [9.17, 15) is 14.9 Å². The zero-order valence-electron chi connectivity index (χ0n) is 21.3. The minimum absolute atomic E-state index is 0.0716. The molecule has 0 spiro atoms. The summed E-state index contributed by atoms with van der Waals surface area (Å²) in [5.74, 6) is 0.948. The quantitative estimate of drug-likeness (QED) is 0.162. The third kappa shape index (κ3) is 5.98. The monoisotopic (exact) mass is 570 g/mol. The summed E-state index contributed by atoms with van der Waals surface area (Å²) in [6.45, 7) is 4.07. The van der Waals surface area contributed by atoms with Crippen LogP contribution in [0.15, 0.2) is 52.6 Å². The molecule has 204 valence electrons. The number of carbonyl (C=O) groups excluding carboxylic acids is 1. The van der Waals surface area contributed by atoms with E-state index < -0.39 is 11.0 Å². The lowest BCUT2D eigenvalue weighted by Crippen LogP contribution is -2.37. The second-order valence-electron chi connectivity index (χ2n) is 9.03. The number of morpholine rings is 1. The first-order valence-electron chi connectivity index (χ1n) is 12.5. The largest absolute Gasteiger partial charge is 0.469 e. The van der Waals surface area contributed by atoms with Gasteiger partial charge in [0.1, 0.15) is 6.04 Å². The molecule has 0 unspecified atom stereocenters. The normalized spacial score (nSPS) is 17.1. The summed E-state index contributed by atoms with van der Waals surface area (Å²) in [5, 5.41) is 21.8. The van der Waals surface area contributed by atoms with Crippen molar-refractivity contribution in [3.8, 4) is 5.69 Å². The van der Waals surface area contributed by atoms with Crippen molar-refractivity contribution >= 4 is 40.7 Å². The molecule has 1 saturated heterocycles. The summed E-state index contributed by atoms with van der Waals surface area (Å²) >= 11 is 8.15. The number of nitrogens with zero attached hydrogens (tertiary/aromatic N) is 6. The second kappa shape index (κ2) is 12.2. The Bertz CT molecular complexity index is 1410. The first kappa shape index (κ1) is 27.3. The number of nitro groups is 1. The molecule has 0 aliphatic carbocycles. The molecule has 0 bridgehead atoms. The molecule has 39 heavy (non-hydrogen) atoms. The number of hydrogen-bond acceptors (Lipinski definition) is 10. The standard InChI is InChI=1S/C26H27ClN6O5S/c1-37-23(34)9-7-21-25-29-30-26(39-15-12-31-10-13-38-14-11-31)32(25)22-8-6-17(33(35)36)16-19(22)24(28-21)18-4-2-3-5-20(18)27/h2-6,8,16,21H,7,9-15H2,1H3/t21-/m0/s1. The number of halogens is 1. The summed E-state index contributed by atoms with van der Waals surface area (Å²) in [7, 11) is 1.34. The van der Waals surface area contributed by atoms with Crippen LogP contribution in [-0.2, 0) is 14.3 Å². The zero-order chi connectivity index (χ0) is 27.4. The highest BCUT2D eigenvalue weighted by molar-refractivity contribution is 7.99. The Balaban J connectivity index is 1.60. The van der Waals surface area contributed by atoms with Gasteiger partial charge in [-0.1, -0.05) is 41.6 Å². The van der Waals surface area contributed by atoms with Crippen molar-refractivity contribution in [2.24, 2.45) is 4.99 Å². The molecule has 2 aliphatic heterocycles. The number of benzene rings is 2. The highest BCUT2D eigenvalue weighted by Crippen LogP contribution is 2.37. The van der Waals surface area contributed by atoms with Crippen LogP contribution < -0.4 is 0 Å². The SMILES string of the molecule is COC(=O)CC[C@@H]1N=C(c2ccccc2Cl)c2cc([N+](=O)[O-])ccc2-n2c(SCCN3CCOCC3)nnc21.